The first-order valence-electron chi connectivity index (χ1n) is 15.5. The molecule has 0 spiro atoms. The SMILES string of the molecule is COc1ccc(C(=O)c2ccc(OC)cc2N2CCN(Cc3ccccc3)CC2)c(N2CCN(Cc3ccccc3)CC2)c1. The number of hydrogen-bond acceptors (Lipinski definition) is 7. The lowest BCUT2D eigenvalue weighted by Crippen LogP contribution is -2.46. The number of methoxy groups -OCH3 is 2. The van der Waals surface area contributed by atoms with Gasteiger partial charge in [0.05, 0.1) is 25.6 Å². The van der Waals surface area contributed by atoms with Gasteiger partial charge in [0, 0.05) is 88.7 Å². The Kier molecular flexibility index (Phi) is 9.44. The standard InChI is InChI=1S/C37H42N4O3/c1-43-31-13-15-33(35(25-31)40-21-17-38(18-22-40)27-29-9-5-3-6-10-29)37(42)34-16-14-32(44-2)26-36(34)41-23-19-39(20-24-41)28-30-11-7-4-8-12-30/h3-16,25-26H,17-24,27-28H2,1-2H3. The third-order valence-corrected chi connectivity index (χ3v) is 8.82. The molecule has 6 rings (SSSR count). The number of hydrogen-bond donors (Lipinski definition) is 0. The molecule has 0 N–H and O–H groups in total. The smallest absolute Gasteiger partial charge is 0.197 e. The van der Waals surface area contributed by atoms with E-state index >= 15 is 0 Å². The van der Waals surface area contributed by atoms with Gasteiger partial charge >= 0.3 is 0 Å². The molecule has 0 amide bonds. The lowest BCUT2D eigenvalue weighted by molar-refractivity contribution is 0.103. The Hall–Kier alpha value is -4.33. The maximum Gasteiger partial charge on any atom is 0.197 e. The van der Waals surface area contributed by atoms with Crippen LogP contribution in [0.4, 0.5) is 11.4 Å². The number of carbonyl (C=O) groups is 1. The average Bonchev–Trinajstić information content (AvgIpc) is 3.09. The van der Waals surface area contributed by atoms with Crippen LogP contribution in [0.1, 0.15) is 27.0 Å². The number of ketones is 1. The van der Waals surface area contributed by atoms with Crippen molar-refractivity contribution in [2.24, 2.45) is 0 Å². The van der Waals surface area contributed by atoms with Crippen molar-refractivity contribution in [3.05, 3.63) is 119 Å². The van der Waals surface area contributed by atoms with Crippen LogP contribution in [0.15, 0.2) is 97.1 Å². The molecule has 2 heterocycles. The zero-order valence-electron chi connectivity index (χ0n) is 25.8. The van der Waals surface area contributed by atoms with Crippen molar-refractivity contribution in [3.8, 4) is 11.5 Å². The Morgan fingerprint density at radius 2 is 0.932 bits per heavy atom. The van der Waals surface area contributed by atoms with Crippen LogP contribution in [0.5, 0.6) is 11.5 Å². The van der Waals surface area contributed by atoms with Gasteiger partial charge in [-0.1, -0.05) is 60.7 Å². The summed E-state index contributed by atoms with van der Waals surface area (Å²) in [5.41, 5.74) is 5.93. The zero-order chi connectivity index (χ0) is 30.3. The lowest BCUT2D eigenvalue weighted by atomic mass is 9.97. The van der Waals surface area contributed by atoms with E-state index in [1.54, 1.807) is 14.2 Å². The molecule has 2 saturated heterocycles. The molecule has 0 aromatic heterocycles. The van der Waals surface area contributed by atoms with Crippen molar-refractivity contribution in [3.63, 3.8) is 0 Å². The molecule has 0 atom stereocenters. The van der Waals surface area contributed by atoms with Crippen molar-refractivity contribution in [1.82, 2.24) is 9.80 Å². The van der Waals surface area contributed by atoms with Gasteiger partial charge in [0.1, 0.15) is 11.5 Å². The minimum absolute atomic E-state index is 0.0266. The molecule has 4 aromatic rings. The van der Waals surface area contributed by atoms with Gasteiger partial charge in [-0.15, -0.1) is 0 Å². The highest BCUT2D eigenvalue weighted by Crippen LogP contribution is 2.34. The van der Waals surface area contributed by atoms with Crippen LogP contribution in [0.3, 0.4) is 0 Å². The fourth-order valence-electron chi connectivity index (χ4n) is 6.31. The van der Waals surface area contributed by atoms with Crippen LogP contribution in [-0.4, -0.2) is 82.2 Å². The summed E-state index contributed by atoms with van der Waals surface area (Å²) in [6, 6.07) is 32.9. The second-order valence-electron chi connectivity index (χ2n) is 11.6. The summed E-state index contributed by atoms with van der Waals surface area (Å²) < 4.78 is 11.2. The van der Waals surface area contributed by atoms with E-state index in [0.717, 1.165) is 88.3 Å². The van der Waals surface area contributed by atoms with E-state index < -0.39 is 0 Å². The maximum absolute atomic E-state index is 14.4. The van der Waals surface area contributed by atoms with E-state index in [-0.39, 0.29) is 5.78 Å². The minimum Gasteiger partial charge on any atom is -0.497 e. The number of benzene rings is 4. The Labute approximate surface area is 261 Å². The largest absolute Gasteiger partial charge is 0.497 e. The molecule has 44 heavy (non-hydrogen) atoms. The van der Waals surface area contributed by atoms with Crippen molar-refractivity contribution >= 4 is 17.2 Å². The highest BCUT2D eigenvalue weighted by atomic mass is 16.5. The second kappa shape index (κ2) is 14.0. The number of rotatable bonds is 10. The Balaban J connectivity index is 1.21. The molecule has 0 unspecified atom stereocenters. The molecule has 2 aliphatic heterocycles. The van der Waals surface area contributed by atoms with Crippen molar-refractivity contribution in [1.29, 1.82) is 0 Å². The van der Waals surface area contributed by atoms with Crippen LogP contribution in [0.2, 0.25) is 0 Å². The third kappa shape index (κ3) is 6.90. The molecular formula is C37H42N4O3. The minimum atomic E-state index is 0.0266. The number of nitrogens with zero attached hydrogens (tertiary/aromatic N) is 4. The molecule has 2 aliphatic rings. The molecule has 0 radical (unpaired) electrons. The first-order chi connectivity index (χ1) is 21.6. The van der Waals surface area contributed by atoms with Crippen molar-refractivity contribution < 1.29 is 14.3 Å². The Bertz CT molecular complexity index is 1410. The summed E-state index contributed by atoms with van der Waals surface area (Å²) in [5, 5.41) is 0. The molecule has 4 aromatic carbocycles. The zero-order valence-corrected chi connectivity index (χ0v) is 25.8. The molecule has 0 aliphatic carbocycles. The van der Waals surface area contributed by atoms with Crippen LogP contribution < -0.4 is 19.3 Å². The fraction of sp³-hybridized carbons (Fsp3) is 0.324. The lowest BCUT2D eigenvalue weighted by Gasteiger charge is -2.38. The van der Waals surface area contributed by atoms with Gasteiger partial charge in [0.15, 0.2) is 5.78 Å². The summed E-state index contributed by atoms with van der Waals surface area (Å²) in [7, 11) is 3.36. The molecule has 0 bridgehead atoms. The van der Waals surface area contributed by atoms with Gasteiger partial charge in [0.25, 0.3) is 0 Å². The van der Waals surface area contributed by atoms with Crippen LogP contribution in [-0.2, 0) is 13.1 Å². The Morgan fingerprint density at radius 1 is 0.545 bits per heavy atom. The Morgan fingerprint density at radius 3 is 1.30 bits per heavy atom. The highest BCUT2D eigenvalue weighted by molar-refractivity contribution is 6.15. The van der Waals surface area contributed by atoms with Crippen LogP contribution in [0, 0.1) is 0 Å². The van der Waals surface area contributed by atoms with E-state index in [1.807, 2.05) is 36.4 Å². The molecule has 2 fully saturated rings. The predicted octanol–water partition coefficient (Wildman–Crippen LogP) is 5.58. The van der Waals surface area contributed by atoms with Crippen LogP contribution >= 0.6 is 0 Å². The highest BCUT2D eigenvalue weighted by Gasteiger charge is 2.27. The quantitative estimate of drug-likeness (QED) is 0.224. The van der Waals surface area contributed by atoms with Gasteiger partial charge < -0.3 is 19.3 Å². The topological polar surface area (TPSA) is 48.5 Å². The molecule has 7 nitrogen and oxygen atoms in total. The molecule has 228 valence electrons. The summed E-state index contributed by atoms with van der Waals surface area (Å²) in [6.07, 6.45) is 0. The van der Waals surface area contributed by atoms with Gasteiger partial charge in [-0.3, -0.25) is 14.6 Å². The first-order valence-corrected chi connectivity index (χ1v) is 15.5. The summed E-state index contributed by atoms with van der Waals surface area (Å²) >= 11 is 0. The van der Waals surface area contributed by atoms with E-state index in [2.05, 4.69) is 80.3 Å². The third-order valence-electron chi connectivity index (χ3n) is 8.82. The van der Waals surface area contributed by atoms with Gasteiger partial charge in [-0.05, 0) is 35.4 Å². The van der Waals surface area contributed by atoms with Crippen LogP contribution in [0.25, 0.3) is 0 Å². The molecular weight excluding hydrogens is 548 g/mol. The predicted molar refractivity (Wildman–Crippen MR) is 177 cm³/mol. The molecule has 7 heteroatoms. The van der Waals surface area contributed by atoms with E-state index in [9.17, 15) is 4.79 Å². The van der Waals surface area contributed by atoms with E-state index in [0.29, 0.717) is 11.1 Å². The van der Waals surface area contributed by atoms with Gasteiger partial charge in [-0.2, -0.15) is 0 Å². The van der Waals surface area contributed by atoms with E-state index in [4.69, 9.17) is 9.47 Å². The monoisotopic (exact) mass is 590 g/mol. The number of carbonyl (C=O) groups excluding carboxylic acids is 1. The van der Waals surface area contributed by atoms with Crippen molar-refractivity contribution in [2.45, 2.75) is 13.1 Å². The fourth-order valence-corrected chi connectivity index (χ4v) is 6.31. The van der Waals surface area contributed by atoms with Crippen molar-refractivity contribution in [2.75, 3.05) is 76.4 Å². The van der Waals surface area contributed by atoms with Gasteiger partial charge in [0.2, 0.25) is 0 Å². The summed E-state index contributed by atoms with van der Waals surface area (Å²) in [4.78, 5) is 24.1. The first kappa shape index (κ1) is 29.7. The normalized spacial score (nSPS) is 16.1. The number of ether oxygens (including phenoxy) is 2. The number of anilines is 2. The van der Waals surface area contributed by atoms with Gasteiger partial charge in [-0.25, -0.2) is 0 Å². The maximum atomic E-state index is 14.4. The van der Waals surface area contributed by atoms with E-state index in [1.165, 1.54) is 11.1 Å². The number of piperazine rings is 2. The average molecular weight is 591 g/mol. The summed E-state index contributed by atoms with van der Waals surface area (Å²) in [5.74, 6) is 1.54. The molecule has 0 saturated carbocycles. The summed E-state index contributed by atoms with van der Waals surface area (Å²) in [6.45, 7) is 8.98. The second-order valence-corrected chi connectivity index (χ2v) is 11.6.